The van der Waals surface area contributed by atoms with E-state index in [-0.39, 0.29) is 35.4 Å². The third kappa shape index (κ3) is 7.20. The summed E-state index contributed by atoms with van der Waals surface area (Å²) in [4.78, 5) is 27.4. The van der Waals surface area contributed by atoms with Crippen molar-refractivity contribution in [1.29, 1.82) is 0 Å². The molecule has 5 rings (SSSR count). The molecule has 7 nitrogen and oxygen atoms in total. The Morgan fingerprint density at radius 2 is 1.49 bits per heavy atom. The molecule has 0 aromatic heterocycles. The average molecular weight is 551 g/mol. The number of phenols is 2. The molecule has 4 aromatic carbocycles. The predicted octanol–water partition coefficient (Wildman–Crippen LogP) is 5.38. The van der Waals surface area contributed by atoms with Gasteiger partial charge in [-0.25, -0.2) is 0 Å². The van der Waals surface area contributed by atoms with Gasteiger partial charge in [-0.1, -0.05) is 78.9 Å². The second kappa shape index (κ2) is 13.3. The molecule has 3 N–H and O–H groups in total. The van der Waals surface area contributed by atoms with Gasteiger partial charge in [0.2, 0.25) is 5.91 Å². The van der Waals surface area contributed by atoms with E-state index in [0.29, 0.717) is 29.4 Å². The van der Waals surface area contributed by atoms with E-state index in [1.54, 1.807) is 18.2 Å². The quantitative estimate of drug-likeness (QED) is 0.139. The summed E-state index contributed by atoms with van der Waals surface area (Å²) in [5.41, 5.74) is 2.63. The lowest BCUT2D eigenvalue weighted by molar-refractivity contribution is -0.116. The van der Waals surface area contributed by atoms with Crippen molar-refractivity contribution in [3.05, 3.63) is 120 Å². The molecule has 1 saturated heterocycles. The smallest absolute Gasteiger partial charge is 0.244 e. The maximum atomic E-state index is 12.7. The summed E-state index contributed by atoms with van der Waals surface area (Å²) in [5.74, 6) is -1.26. The zero-order chi connectivity index (χ0) is 28.6. The summed E-state index contributed by atoms with van der Waals surface area (Å²) in [6, 6.07) is 28.4. The van der Waals surface area contributed by atoms with Gasteiger partial charge in [-0.3, -0.25) is 9.59 Å². The van der Waals surface area contributed by atoms with E-state index in [4.69, 9.17) is 4.74 Å². The summed E-state index contributed by atoms with van der Waals surface area (Å²) in [6.45, 7) is 2.96. The van der Waals surface area contributed by atoms with Crippen molar-refractivity contribution in [2.75, 3.05) is 26.2 Å². The molecule has 4 aromatic rings. The number of carbonyl (C=O) groups excluding carboxylic acids is 2. The van der Waals surface area contributed by atoms with Crippen LogP contribution in [0.25, 0.3) is 10.8 Å². The fourth-order valence-corrected chi connectivity index (χ4v) is 5.22. The van der Waals surface area contributed by atoms with Crippen LogP contribution in [0.3, 0.4) is 0 Å². The van der Waals surface area contributed by atoms with E-state index >= 15 is 0 Å². The number of aromatic hydroxyl groups is 2. The van der Waals surface area contributed by atoms with Crippen LogP contribution >= 0.6 is 0 Å². The van der Waals surface area contributed by atoms with Crippen molar-refractivity contribution >= 4 is 22.5 Å². The summed E-state index contributed by atoms with van der Waals surface area (Å²) in [5, 5.41) is 23.5. The fraction of sp³-hybridized carbons (Fsp3) is 0.235. The lowest BCUT2D eigenvalue weighted by Crippen LogP contribution is -2.41. The van der Waals surface area contributed by atoms with Crippen LogP contribution in [0.4, 0.5) is 0 Å². The van der Waals surface area contributed by atoms with E-state index in [1.807, 2.05) is 36.4 Å². The Bertz CT molecular complexity index is 1470. The number of nitrogens with one attached hydrogen (secondary N) is 1. The molecule has 0 atom stereocenters. The van der Waals surface area contributed by atoms with Crippen LogP contribution < -0.4 is 5.32 Å². The zero-order valence-electron chi connectivity index (χ0n) is 22.8. The molecule has 1 aliphatic heterocycles. The van der Waals surface area contributed by atoms with Crippen LogP contribution in [-0.4, -0.2) is 59.1 Å². The van der Waals surface area contributed by atoms with Crippen molar-refractivity contribution in [2.45, 2.75) is 25.0 Å². The molecular weight excluding hydrogens is 516 g/mol. The van der Waals surface area contributed by atoms with Crippen LogP contribution in [0.1, 0.15) is 40.4 Å². The second-order valence-corrected chi connectivity index (χ2v) is 10.2. The SMILES string of the molecule is O=C(/C=C/C(=O)c1cccc2cc(O)c(O)cc12)NCCN1CCC(OC(c2ccccc2)c2ccccc2)CC1. The van der Waals surface area contributed by atoms with Gasteiger partial charge in [0.05, 0.1) is 6.10 Å². The minimum Gasteiger partial charge on any atom is -0.504 e. The van der Waals surface area contributed by atoms with Crippen molar-refractivity contribution < 1.29 is 24.5 Å². The Labute approximate surface area is 239 Å². The molecule has 41 heavy (non-hydrogen) atoms. The molecule has 210 valence electrons. The number of allylic oxidation sites excluding steroid dienone is 1. The number of carbonyl (C=O) groups is 2. The molecule has 1 aliphatic rings. The lowest BCUT2D eigenvalue weighted by Gasteiger charge is -2.34. The number of phenolic OH excluding ortho intramolecular Hbond substituents is 2. The minimum atomic E-state index is -0.359. The highest BCUT2D eigenvalue weighted by Crippen LogP contribution is 2.32. The topological polar surface area (TPSA) is 99.1 Å². The Kier molecular flexibility index (Phi) is 9.08. The van der Waals surface area contributed by atoms with Gasteiger partial charge in [0, 0.05) is 37.8 Å². The molecule has 0 saturated carbocycles. The number of rotatable bonds is 10. The van der Waals surface area contributed by atoms with E-state index in [1.165, 1.54) is 24.3 Å². The highest BCUT2D eigenvalue weighted by atomic mass is 16.5. The Balaban J connectivity index is 1.08. The van der Waals surface area contributed by atoms with Gasteiger partial charge in [0.15, 0.2) is 17.3 Å². The minimum absolute atomic E-state index is 0.102. The van der Waals surface area contributed by atoms with Gasteiger partial charge in [0.1, 0.15) is 6.10 Å². The molecule has 1 heterocycles. The number of hydrogen-bond donors (Lipinski definition) is 3. The average Bonchev–Trinajstić information content (AvgIpc) is 3.00. The van der Waals surface area contributed by atoms with Gasteiger partial charge in [-0.05, 0) is 52.9 Å². The van der Waals surface area contributed by atoms with Gasteiger partial charge < -0.3 is 25.2 Å². The van der Waals surface area contributed by atoms with Crippen LogP contribution in [-0.2, 0) is 9.53 Å². The number of fused-ring (bicyclic) bond motifs is 1. The third-order valence-corrected chi connectivity index (χ3v) is 7.42. The maximum absolute atomic E-state index is 12.7. The third-order valence-electron chi connectivity index (χ3n) is 7.42. The Hall–Kier alpha value is -4.46. The molecule has 0 spiro atoms. The number of piperidine rings is 1. The first-order valence-corrected chi connectivity index (χ1v) is 13.9. The van der Waals surface area contributed by atoms with E-state index < -0.39 is 0 Å². The summed E-state index contributed by atoms with van der Waals surface area (Å²) in [6.07, 6.45) is 4.34. The fourth-order valence-electron chi connectivity index (χ4n) is 5.22. The Morgan fingerprint density at radius 3 is 2.15 bits per heavy atom. The van der Waals surface area contributed by atoms with Gasteiger partial charge in [-0.15, -0.1) is 0 Å². The first kappa shape index (κ1) is 28.1. The first-order chi connectivity index (χ1) is 20.0. The molecule has 0 unspecified atom stereocenters. The number of ether oxygens (including phenoxy) is 1. The van der Waals surface area contributed by atoms with Crippen LogP contribution in [0.2, 0.25) is 0 Å². The molecular formula is C34H34N2O5. The molecule has 7 heteroatoms. The van der Waals surface area contributed by atoms with Crippen molar-refractivity contribution in [3.63, 3.8) is 0 Å². The summed E-state index contributed by atoms with van der Waals surface area (Å²) in [7, 11) is 0. The summed E-state index contributed by atoms with van der Waals surface area (Å²) < 4.78 is 6.62. The molecule has 1 amide bonds. The second-order valence-electron chi connectivity index (χ2n) is 10.2. The molecule has 1 fully saturated rings. The normalized spacial score (nSPS) is 14.6. The van der Waals surface area contributed by atoms with E-state index in [9.17, 15) is 19.8 Å². The zero-order valence-corrected chi connectivity index (χ0v) is 22.8. The predicted molar refractivity (Wildman–Crippen MR) is 159 cm³/mol. The number of benzene rings is 4. The molecule has 0 radical (unpaired) electrons. The highest BCUT2D eigenvalue weighted by Gasteiger charge is 2.24. The van der Waals surface area contributed by atoms with Gasteiger partial charge in [-0.2, -0.15) is 0 Å². The van der Waals surface area contributed by atoms with Crippen molar-refractivity contribution in [3.8, 4) is 11.5 Å². The lowest BCUT2D eigenvalue weighted by atomic mass is 10.00. The van der Waals surface area contributed by atoms with E-state index in [0.717, 1.165) is 37.1 Å². The first-order valence-electron chi connectivity index (χ1n) is 13.9. The number of nitrogens with zero attached hydrogens (tertiary/aromatic N) is 1. The number of likely N-dealkylation sites (tertiary alicyclic amines) is 1. The van der Waals surface area contributed by atoms with E-state index in [2.05, 4.69) is 34.5 Å². The number of amides is 1. The molecule has 0 bridgehead atoms. The van der Waals surface area contributed by atoms with Crippen molar-refractivity contribution in [1.82, 2.24) is 10.2 Å². The number of hydrogen-bond acceptors (Lipinski definition) is 6. The largest absolute Gasteiger partial charge is 0.504 e. The highest BCUT2D eigenvalue weighted by molar-refractivity contribution is 6.15. The van der Waals surface area contributed by atoms with Crippen molar-refractivity contribution in [2.24, 2.45) is 0 Å². The summed E-state index contributed by atoms with van der Waals surface area (Å²) >= 11 is 0. The van der Waals surface area contributed by atoms with Gasteiger partial charge >= 0.3 is 0 Å². The van der Waals surface area contributed by atoms with Crippen LogP contribution in [0.15, 0.2) is 103 Å². The Morgan fingerprint density at radius 1 is 0.854 bits per heavy atom. The van der Waals surface area contributed by atoms with Crippen LogP contribution in [0, 0.1) is 0 Å². The standard InChI is InChI=1S/C34H34N2O5/c37-30(28-13-7-12-26-22-31(38)32(39)23-29(26)28)14-15-33(40)35-18-21-36-19-16-27(17-20-36)41-34(24-8-3-1-4-9-24)25-10-5-2-6-11-25/h1-15,22-23,27,34,38-39H,16-21H2,(H,35,40)/b15-14+. The number of ketones is 1. The monoisotopic (exact) mass is 550 g/mol. The van der Waals surface area contributed by atoms with Crippen LogP contribution in [0.5, 0.6) is 11.5 Å². The van der Waals surface area contributed by atoms with Gasteiger partial charge in [0.25, 0.3) is 0 Å². The maximum Gasteiger partial charge on any atom is 0.244 e. The molecule has 0 aliphatic carbocycles.